The third-order valence-corrected chi connectivity index (χ3v) is 4.19. The van der Waals surface area contributed by atoms with Gasteiger partial charge in [0, 0.05) is 12.8 Å². The first-order valence-electron chi connectivity index (χ1n) is 6.80. The van der Waals surface area contributed by atoms with Crippen LogP contribution >= 0.6 is 0 Å². The fourth-order valence-electron chi connectivity index (χ4n) is 3.10. The van der Waals surface area contributed by atoms with Crippen LogP contribution in [0.1, 0.15) is 37.4 Å². The van der Waals surface area contributed by atoms with Crippen LogP contribution in [0.25, 0.3) is 0 Å². The minimum absolute atomic E-state index is 0.325. The molecule has 3 rings (SSSR count). The van der Waals surface area contributed by atoms with Crippen molar-refractivity contribution < 1.29 is 14.6 Å². The SMILES string of the molecule is OC(c1ccccc1)C1CCC2(CC1)OCCO2. The van der Waals surface area contributed by atoms with Crippen LogP contribution in [0.5, 0.6) is 0 Å². The Morgan fingerprint density at radius 3 is 2.28 bits per heavy atom. The average Bonchev–Trinajstić information content (AvgIpc) is 2.88. The summed E-state index contributed by atoms with van der Waals surface area (Å²) in [4.78, 5) is 0. The second-order valence-corrected chi connectivity index (χ2v) is 5.30. The minimum atomic E-state index is -0.357. The fourth-order valence-corrected chi connectivity index (χ4v) is 3.10. The average molecular weight is 248 g/mol. The summed E-state index contributed by atoms with van der Waals surface area (Å²) in [6, 6.07) is 9.93. The van der Waals surface area contributed by atoms with E-state index in [1.54, 1.807) is 0 Å². The van der Waals surface area contributed by atoms with Gasteiger partial charge in [-0.05, 0) is 24.3 Å². The van der Waals surface area contributed by atoms with Crippen molar-refractivity contribution in [2.75, 3.05) is 13.2 Å². The molecule has 18 heavy (non-hydrogen) atoms. The van der Waals surface area contributed by atoms with Crippen LogP contribution in [0.4, 0.5) is 0 Å². The van der Waals surface area contributed by atoms with Crippen molar-refractivity contribution >= 4 is 0 Å². The Balaban J connectivity index is 1.62. The number of rotatable bonds is 2. The largest absolute Gasteiger partial charge is 0.388 e. The van der Waals surface area contributed by atoms with Crippen molar-refractivity contribution in [1.29, 1.82) is 0 Å². The topological polar surface area (TPSA) is 38.7 Å². The summed E-state index contributed by atoms with van der Waals surface area (Å²) in [5, 5.41) is 10.4. The van der Waals surface area contributed by atoms with Crippen molar-refractivity contribution in [3.05, 3.63) is 35.9 Å². The number of aliphatic hydroxyl groups excluding tert-OH is 1. The molecule has 2 aliphatic rings. The lowest BCUT2D eigenvalue weighted by Crippen LogP contribution is -2.36. The number of aliphatic hydroxyl groups is 1. The zero-order chi connectivity index (χ0) is 12.4. The van der Waals surface area contributed by atoms with Gasteiger partial charge in [0.25, 0.3) is 0 Å². The molecule has 1 aliphatic carbocycles. The molecular weight excluding hydrogens is 228 g/mol. The van der Waals surface area contributed by atoms with Gasteiger partial charge in [0.2, 0.25) is 0 Å². The summed E-state index contributed by atoms with van der Waals surface area (Å²) in [6.07, 6.45) is 3.39. The first-order valence-corrected chi connectivity index (χ1v) is 6.80. The van der Waals surface area contributed by atoms with E-state index in [0.29, 0.717) is 19.1 Å². The predicted molar refractivity (Wildman–Crippen MR) is 68.0 cm³/mol. The van der Waals surface area contributed by atoms with Gasteiger partial charge in [-0.25, -0.2) is 0 Å². The Kier molecular flexibility index (Phi) is 3.37. The maximum absolute atomic E-state index is 10.4. The molecule has 0 aromatic heterocycles. The van der Waals surface area contributed by atoms with E-state index in [-0.39, 0.29) is 11.9 Å². The van der Waals surface area contributed by atoms with Gasteiger partial charge in [-0.15, -0.1) is 0 Å². The molecule has 0 bridgehead atoms. The van der Waals surface area contributed by atoms with Crippen molar-refractivity contribution in [1.82, 2.24) is 0 Å². The summed E-state index contributed by atoms with van der Waals surface area (Å²) in [6.45, 7) is 1.43. The van der Waals surface area contributed by atoms with E-state index in [0.717, 1.165) is 31.2 Å². The molecule has 0 radical (unpaired) electrons. The van der Waals surface area contributed by atoms with Gasteiger partial charge in [-0.2, -0.15) is 0 Å². The molecule has 98 valence electrons. The maximum atomic E-state index is 10.4. The van der Waals surface area contributed by atoms with Gasteiger partial charge < -0.3 is 14.6 Å². The van der Waals surface area contributed by atoms with Crippen LogP contribution in [0.15, 0.2) is 30.3 Å². The van der Waals surface area contributed by atoms with Gasteiger partial charge in [0.15, 0.2) is 5.79 Å². The highest BCUT2D eigenvalue weighted by Crippen LogP contribution is 2.42. The van der Waals surface area contributed by atoms with E-state index in [1.807, 2.05) is 30.3 Å². The third-order valence-electron chi connectivity index (χ3n) is 4.19. The summed E-state index contributed by atoms with van der Waals surface area (Å²) in [5.74, 6) is -0.00164. The Morgan fingerprint density at radius 1 is 1.06 bits per heavy atom. The van der Waals surface area contributed by atoms with Crippen molar-refractivity contribution in [2.45, 2.75) is 37.6 Å². The van der Waals surface area contributed by atoms with Crippen LogP contribution in [-0.2, 0) is 9.47 Å². The molecule has 1 aliphatic heterocycles. The van der Waals surface area contributed by atoms with E-state index in [9.17, 15) is 5.11 Å². The third kappa shape index (κ3) is 2.30. The van der Waals surface area contributed by atoms with Crippen LogP contribution in [0, 0.1) is 5.92 Å². The van der Waals surface area contributed by atoms with Crippen LogP contribution in [-0.4, -0.2) is 24.1 Å². The molecule has 3 nitrogen and oxygen atoms in total. The lowest BCUT2D eigenvalue weighted by molar-refractivity contribution is -0.187. The standard InChI is InChI=1S/C15H20O3/c16-14(12-4-2-1-3-5-12)13-6-8-15(9-7-13)17-10-11-18-15/h1-5,13-14,16H,6-11H2. The molecule has 1 atom stereocenters. The lowest BCUT2D eigenvalue weighted by atomic mass is 9.80. The van der Waals surface area contributed by atoms with Gasteiger partial charge in [-0.3, -0.25) is 0 Å². The number of ether oxygens (including phenoxy) is 2. The van der Waals surface area contributed by atoms with Gasteiger partial charge in [-0.1, -0.05) is 30.3 Å². The molecule has 1 unspecified atom stereocenters. The second-order valence-electron chi connectivity index (χ2n) is 5.30. The van der Waals surface area contributed by atoms with E-state index < -0.39 is 0 Å². The van der Waals surface area contributed by atoms with Gasteiger partial charge >= 0.3 is 0 Å². The van der Waals surface area contributed by atoms with E-state index >= 15 is 0 Å². The van der Waals surface area contributed by atoms with Gasteiger partial charge in [0.1, 0.15) is 0 Å². The van der Waals surface area contributed by atoms with E-state index in [1.165, 1.54) is 0 Å². The van der Waals surface area contributed by atoms with Crippen LogP contribution in [0.3, 0.4) is 0 Å². The monoisotopic (exact) mass is 248 g/mol. The first kappa shape index (κ1) is 12.2. The zero-order valence-electron chi connectivity index (χ0n) is 10.5. The van der Waals surface area contributed by atoms with Crippen LogP contribution in [0.2, 0.25) is 0 Å². The van der Waals surface area contributed by atoms with Crippen molar-refractivity contribution in [2.24, 2.45) is 5.92 Å². The predicted octanol–water partition coefficient (Wildman–Crippen LogP) is 2.65. The van der Waals surface area contributed by atoms with Gasteiger partial charge in [0.05, 0.1) is 19.3 Å². The smallest absolute Gasteiger partial charge is 0.168 e. The normalized spacial score (nSPS) is 25.4. The molecule has 1 aromatic rings. The Morgan fingerprint density at radius 2 is 1.67 bits per heavy atom. The quantitative estimate of drug-likeness (QED) is 0.874. The number of hydrogen-bond acceptors (Lipinski definition) is 3. The van der Waals surface area contributed by atoms with Crippen molar-refractivity contribution in [3.63, 3.8) is 0 Å². The number of hydrogen-bond donors (Lipinski definition) is 1. The van der Waals surface area contributed by atoms with Crippen molar-refractivity contribution in [3.8, 4) is 0 Å². The number of benzene rings is 1. The summed E-state index contributed by atoms with van der Waals surface area (Å²) < 4.78 is 11.4. The zero-order valence-corrected chi connectivity index (χ0v) is 10.5. The molecule has 0 amide bonds. The minimum Gasteiger partial charge on any atom is -0.388 e. The second kappa shape index (κ2) is 5.00. The Hall–Kier alpha value is -0.900. The summed E-state index contributed by atoms with van der Waals surface area (Å²) in [7, 11) is 0. The Bertz CT molecular complexity index is 374. The summed E-state index contributed by atoms with van der Waals surface area (Å²) >= 11 is 0. The lowest BCUT2D eigenvalue weighted by Gasteiger charge is -2.37. The highest BCUT2D eigenvalue weighted by atomic mass is 16.7. The molecule has 3 heteroatoms. The molecule has 1 heterocycles. The van der Waals surface area contributed by atoms with Crippen LogP contribution < -0.4 is 0 Å². The first-order chi connectivity index (χ1) is 8.79. The molecule has 1 N–H and O–H groups in total. The highest BCUT2D eigenvalue weighted by molar-refractivity contribution is 5.18. The molecule has 1 saturated heterocycles. The Labute approximate surface area is 108 Å². The maximum Gasteiger partial charge on any atom is 0.168 e. The molecule has 1 spiro atoms. The molecule has 1 aromatic carbocycles. The molecule has 2 fully saturated rings. The van der Waals surface area contributed by atoms with E-state index in [4.69, 9.17) is 9.47 Å². The molecule has 1 saturated carbocycles. The fraction of sp³-hybridized carbons (Fsp3) is 0.600. The molecular formula is C15H20O3. The summed E-state index contributed by atoms with van der Waals surface area (Å²) in [5.41, 5.74) is 1.02. The van der Waals surface area contributed by atoms with E-state index in [2.05, 4.69) is 0 Å². The highest BCUT2D eigenvalue weighted by Gasteiger charge is 2.41.